The Kier molecular flexibility index (Phi) is 3.68. The molecule has 1 unspecified atom stereocenters. The summed E-state index contributed by atoms with van der Waals surface area (Å²) in [4.78, 5) is 15.6. The van der Waals surface area contributed by atoms with Gasteiger partial charge in [0.25, 0.3) is 5.69 Å². The van der Waals surface area contributed by atoms with E-state index >= 15 is 0 Å². The van der Waals surface area contributed by atoms with Crippen LogP contribution < -0.4 is 0 Å². The summed E-state index contributed by atoms with van der Waals surface area (Å²) in [5, 5.41) is 12.3. The van der Waals surface area contributed by atoms with E-state index in [1.165, 1.54) is 12.1 Å². The Morgan fingerprint density at radius 2 is 2.12 bits per heavy atom. The van der Waals surface area contributed by atoms with Crippen LogP contribution in [0.3, 0.4) is 0 Å². The van der Waals surface area contributed by atoms with Crippen LogP contribution in [0.15, 0.2) is 24.3 Å². The van der Waals surface area contributed by atoms with Crippen LogP contribution in [0, 0.1) is 10.1 Å². The molecular weight excluding hydrogens is 224 g/mol. The summed E-state index contributed by atoms with van der Waals surface area (Å²) in [6.07, 6.45) is 0.420. The molecule has 1 aromatic carbocycles. The molecule has 0 bridgehead atoms. The van der Waals surface area contributed by atoms with Crippen molar-refractivity contribution in [2.24, 2.45) is 0 Å². The van der Waals surface area contributed by atoms with Crippen LogP contribution in [0.4, 0.5) is 5.69 Å². The maximum Gasteiger partial charge on any atom is 0.269 e. The highest BCUT2D eigenvalue weighted by atomic mass is 16.8. The molecule has 0 N–H and O–H groups in total. The topological polar surface area (TPSA) is 64.8 Å². The minimum atomic E-state index is -0.483. The lowest BCUT2D eigenvalue weighted by atomic mass is 10.2. The molecule has 2 rings (SSSR count). The number of ether oxygens (including phenoxy) is 1. The van der Waals surface area contributed by atoms with Gasteiger partial charge in [-0.25, -0.2) is 0 Å². The van der Waals surface area contributed by atoms with Crippen molar-refractivity contribution in [1.82, 2.24) is 5.06 Å². The second-order valence-corrected chi connectivity index (χ2v) is 3.86. The number of nitro groups is 1. The first-order valence-corrected chi connectivity index (χ1v) is 5.40. The Balaban J connectivity index is 2.12. The van der Waals surface area contributed by atoms with E-state index in [0.29, 0.717) is 6.61 Å². The number of benzene rings is 1. The van der Waals surface area contributed by atoms with Crippen LogP contribution in [0.1, 0.15) is 18.3 Å². The molecule has 0 amide bonds. The summed E-state index contributed by atoms with van der Waals surface area (Å²) in [6.45, 7) is 1.43. The van der Waals surface area contributed by atoms with Gasteiger partial charge in [0.15, 0.2) is 0 Å². The minimum Gasteiger partial charge on any atom is -0.347 e. The van der Waals surface area contributed by atoms with Gasteiger partial charge in [-0.2, -0.15) is 5.06 Å². The Labute approximate surface area is 98.8 Å². The summed E-state index contributed by atoms with van der Waals surface area (Å²) < 4.78 is 5.53. The van der Waals surface area contributed by atoms with Crippen LogP contribution in [0.5, 0.6) is 0 Å². The van der Waals surface area contributed by atoms with Gasteiger partial charge >= 0.3 is 0 Å². The lowest BCUT2D eigenvalue weighted by Gasteiger charge is -2.19. The van der Waals surface area contributed by atoms with E-state index in [1.807, 2.05) is 7.05 Å². The number of non-ortho nitro benzene ring substituents is 1. The predicted molar refractivity (Wildman–Crippen MR) is 60.1 cm³/mol. The predicted octanol–water partition coefficient (Wildman–Crippen LogP) is 1.88. The van der Waals surface area contributed by atoms with E-state index < -0.39 is 11.2 Å². The van der Waals surface area contributed by atoms with Crippen molar-refractivity contribution in [2.75, 3.05) is 20.2 Å². The van der Waals surface area contributed by atoms with E-state index in [-0.39, 0.29) is 5.69 Å². The highest BCUT2D eigenvalue weighted by Crippen LogP contribution is 2.24. The Morgan fingerprint density at radius 3 is 2.76 bits per heavy atom. The van der Waals surface area contributed by atoms with Crippen molar-refractivity contribution in [3.05, 3.63) is 39.9 Å². The fourth-order valence-corrected chi connectivity index (χ4v) is 1.63. The SMILES string of the molecule is CN1CCCOC(c2ccc([N+](=O)[O-])cc2)O1. The molecule has 0 aromatic heterocycles. The molecule has 6 heteroatoms. The molecule has 92 valence electrons. The molecule has 0 radical (unpaired) electrons. The zero-order valence-electron chi connectivity index (χ0n) is 9.54. The quantitative estimate of drug-likeness (QED) is 0.581. The average Bonchev–Trinajstić information content (AvgIpc) is 2.54. The van der Waals surface area contributed by atoms with Gasteiger partial charge in [-0.15, -0.1) is 0 Å². The number of nitrogens with zero attached hydrogens (tertiary/aromatic N) is 2. The molecule has 0 saturated carbocycles. The average molecular weight is 238 g/mol. The molecule has 1 fully saturated rings. The monoisotopic (exact) mass is 238 g/mol. The number of hydrogen-bond donors (Lipinski definition) is 0. The Bertz CT molecular complexity index is 393. The third kappa shape index (κ3) is 3.00. The second-order valence-electron chi connectivity index (χ2n) is 3.86. The summed E-state index contributed by atoms with van der Waals surface area (Å²) in [5.41, 5.74) is 0.847. The zero-order valence-corrected chi connectivity index (χ0v) is 9.54. The van der Waals surface area contributed by atoms with Crippen molar-refractivity contribution in [3.8, 4) is 0 Å². The number of hydroxylamine groups is 2. The third-order valence-corrected chi connectivity index (χ3v) is 2.54. The van der Waals surface area contributed by atoms with Gasteiger partial charge < -0.3 is 4.74 Å². The van der Waals surface area contributed by atoms with Crippen molar-refractivity contribution in [1.29, 1.82) is 0 Å². The summed E-state index contributed by atoms with van der Waals surface area (Å²) in [5.74, 6) is 0. The number of hydrogen-bond acceptors (Lipinski definition) is 5. The van der Waals surface area contributed by atoms with Crippen molar-refractivity contribution >= 4 is 5.69 Å². The van der Waals surface area contributed by atoms with Gasteiger partial charge in [0.1, 0.15) is 0 Å². The van der Waals surface area contributed by atoms with Crippen LogP contribution in [-0.4, -0.2) is 30.2 Å². The standard InChI is InChI=1S/C11H14N2O4/c1-12-7-2-8-16-11(17-12)9-3-5-10(6-4-9)13(14)15/h3-6,11H,2,7-8H2,1H3. The normalized spacial score (nSPS) is 22.1. The Morgan fingerprint density at radius 1 is 1.41 bits per heavy atom. The van der Waals surface area contributed by atoms with Crippen LogP contribution in [0.2, 0.25) is 0 Å². The zero-order chi connectivity index (χ0) is 12.3. The molecule has 1 saturated heterocycles. The fourth-order valence-electron chi connectivity index (χ4n) is 1.63. The first kappa shape index (κ1) is 12.0. The molecule has 0 aliphatic carbocycles. The van der Waals surface area contributed by atoms with Crippen LogP contribution in [0.25, 0.3) is 0 Å². The molecular formula is C11H14N2O4. The van der Waals surface area contributed by atoms with Gasteiger partial charge in [-0.05, 0) is 18.6 Å². The fraction of sp³-hybridized carbons (Fsp3) is 0.455. The number of rotatable bonds is 2. The van der Waals surface area contributed by atoms with E-state index in [0.717, 1.165) is 18.5 Å². The summed E-state index contributed by atoms with van der Waals surface area (Å²) in [6, 6.07) is 6.21. The van der Waals surface area contributed by atoms with Crippen molar-refractivity contribution in [2.45, 2.75) is 12.7 Å². The highest BCUT2D eigenvalue weighted by Gasteiger charge is 2.19. The Hall–Kier alpha value is -1.50. The summed E-state index contributed by atoms with van der Waals surface area (Å²) in [7, 11) is 1.84. The second kappa shape index (κ2) is 5.22. The molecule has 1 atom stereocenters. The maximum absolute atomic E-state index is 10.5. The molecule has 1 aliphatic heterocycles. The lowest BCUT2D eigenvalue weighted by Crippen LogP contribution is -2.20. The lowest BCUT2D eigenvalue weighted by molar-refractivity contribution is -0.384. The first-order chi connectivity index (χ1) is 8.16. The van der Waals surface area contributed by atoms with Gasteiger partial charge in [0.2, 0.25) is 6.29 Å². The summed E-state index contributed by atoms with van der Waals surface area (Å²) >= 11 is 0. The molecule has 1 heterocycles. The minimum absolute atomic E-state index is 0.0655. The molecule has 6 nitrogen and oxygen atoms in total. The molecule has 1 aromatic rings. The number of nitro benzene ring substituents is 1. The van der Waals surface area contributed by atoms with Crippen LogP contribution >= 0.6 is 0 Å². The van der Waals surface area contributed by atoms with E-state index in [1.54, 1.807) is 17.2 Å². The smallest absolute Gasteiger partial charge is 0.269 e. The molecule has 17 heavy (non-hydrogen) atoms. The highest BCUT2D eigenvalue weighted by molar-refractivity contribution is 5.33. The van der Waals surface area contributed by atoms with E-state index in [2.05, 4.69) is 0 Å². The van der Waals surface area contributed by atoms with Gasteiger partial charge in [0.05, 0.1) is 11.5 Å². The maximum atomic E-state index is 10.5. The van der Waals surface area contributed by atoms with E-state index in [9.17, 15) is 10.1 Å². The molecule has 1 aliphatic rings. The third-order valence-electron chi connectivity index (χ3n) is 2.54. The molecule has 0 spiro atoms. The van der Waals surface area contributed by atoms with Gasteiger partial charge in [-0.1, -0.05) is 0 Å². The van der Waals surface area contributed by atoms with Gasteiger partial charge in [0, 0.05) is 31.3 Å². The first-order valence-electron chi connectivity index (χ1n) is 5.40. The van der Waals surface area contributed by atoms with Gasteiger partial charge in [-0.3, -0.25) is 15.0 Å². The van der Waals surface area contributed by atoms with Crippen LogP contribution in [-0.2, 0) is 9.57 Å². The van der Waals surface area contributed by atoms with E-state index in [4.69, 9.17) is 9.57 Å². The van der Waals surface area contributed by atoms with Crippen molar-refractivity contribution in [3.63, 3.8) is 0 Å². The largest absolute Gasteiger partial charge is 0.347 e. The van der Waals surface area contributed by atoms with Crippen molar-refractivity contribution < 1.29 is 14.5 Å².